The largest absolute Gasteiger partial charge is 0.326 e. The van der Waals surface area contributed by atoms with E-state index in [1.165, 1.54) is 0 Å². The average Bonchev–Trinajstić information content (AvgIpc) is 3.02. The van der Waals surface area contributed by atoms with Gasteiger partial charge >= 0.3 is 0 Å². The van der Waals surface area contributed by atoms with Gasteiger partial charge in [-0.25, -0.2) is 4.98 Å². The van der Waals surface area contributed by atoms with Gasteiger partial charge in [-0.1, -0.05) is 0 Å². The summed E-state index contributed by atoms with van der Waals surface area (Å²) in [6.45, 7) is 4.01. The number of anilines is 1. The third-order valence-electron chi connectivity index (χ3n) is 3.88. The highest BCUT2D eigenvalue weighted by molar-refractivity contribution is 7.16. The molecule has 0 aliphatic rings. The molecule has 3 rings (SSSR count). The lowest BCUT2D eigenvalue weighted by atomic mass is 10.1. The Morgan fingerprint density at radius 1 is 1.36 bits per heavy atom. The fourth-order valence-electron chi connectivity index (χ4n) is 2.58. The molecule has 2 heterocycles. The highest BCUT2D eigenvalue weighted by Gasteiger charge is 2.11. The fraction of sp³-hybridized carbons (Fsp3) is 0.312. The molecule has 0 spiro atoms. The van der Waals surface area contributed by atoms with E-state index in [9.17, 15) is 4.79 Å². The normalized spacial score (nSPS) is 11.0. The number of carbonyl (C=O) groups excluding carboxylic acids is 1. The van der Waals surface area contributed by atoms with Crippen LogP contribution in [0.2, 0.25) is 0 Å². The van der Waals surface area contributed by atoms with Crippen LogP contribution in [0.3, 0.4) is 0 Å². The molecule has 2 aromatic heterocycles. The number of nitrogens with zero attached hydrogens (tertiary/aromatic N) is 3. The first kappa shape index (κ1) is 14.7. The average molecular weight is 314 g/mol. The summed E-state index contributed by atoms with van der Waals surface area (Å²) in [5.74, 6) is 0.0113. The second-order valence-electron chi connectivity index (χ2n) is 5.36. The van der Waals surface area contributed by atoms with Gasteiger partial charge in [-0.2, -0.15) is 5.10 Å². The number of aryl methyl sites for hydroxylation is 2. The minimum absolute atomic E-state index is 0.0113. The van der Waals surface area contributed by atoms with Crippen molar-refractivity contribution in [3.8, 4) is 0 Å². The smallest absolute Gasteiger partial charge is 0.224 e. The van der Waals surface area contributed by atoms with E-state index < -0.39 is 0 Å². The van der Waals surface area contributed by atoms with Crippen molar-refractivity contribution in [2.24, 2.45) is 7.05 Å². The number of rotatable bonds is 4. The lowest BCUT2D eigenvalue weighted by Crippen LogP contribution is -2.12. The summed E-state index contributed by atoms with van der Waals surface area (Å²) in [7, 11) is 1.93. The van der Waals surface area contributed by atoms with Gasteiger partial charge in [0.2, 0.25) is 5.91 Å². The van der Waals surface area contributed by atoms with E-state index >= 15 is 0 Å². The van der Waals surface area contributed by atoms with Gasteiger partial charge in [0, 0.05) is 24.8 Å². The highest BCUT2D eigenvalue weighted by atomic mass is 32.1. The quantitative estimate of drug-likeness (QED) is 0.804. The molecule has 3 aromatic rings. The van der Waals surface area contributed by atoms with Gasteiger partial charge < -0.3 is 5.32 Å². The lowest BCUT2D eigenvalue weighted by Gasteiger charge is -2.06. The predicted octanol–water partition coefficient (Wildman–Crippen LogP) is 3.22. The Labute approximate surface area is 133 Å². The Morgan fingerprint density at radius 3 is 2.91 bits per heavy atom. The fourth-order valence-corrected chi connectivity index (χ4v) is 3.24. The minimum atomic E-state index is 0.0113. The number of amides is 1. The third kappa shape index (κ3) is 2.87. The molecule has 5 nitrogen and oxygen atoms in total. The van der Waals surface area contributed by atoms with Crippen LogP contribution < -0.4 is 5.32 Å². The van der Waals surface area contributed by atoms with Crippen LogP contribution in [0.15, 0.2) is 23.7 Å². The van der Waals surface area contributed by atoms with Crippen molar-refractivity contribution in [3.05, 3.63) is 40.7 Å². The van der Waals surface area contributed by atoms with E-state index in [4.69, 9.17) is 0 Å². The summed E-state index contributed by atoms with van der Waals surface area (Å²) in [6, 6.07) is 5.81. The zero-order valence-electron chi connectivity index (χ0n) is 12.9. The summed E-state index contributed by atoms with van der Waals surface area (Å²) in [4.78, 5) is 16.4. The molecule has 22 heavy (non-hydrogen) atoms. The first-order valence-corrected chi connectivity index (χ1v) is 8.04. The minimum Gasteiger partial charge on any atom is -0.326 e. The molecule has 0 fully saturated rings. The van der Waals surface area contributed by atoms with Crippen molar-refractivity contribution in [2.75, 3.05) is 5.32 Å². The van der Waals surface area contributed by atoms with E-state index in [2.05, 4.69) is 15.4 Å². The Kier molecular flexibility index (Phi) is 3.94. The molecule has 0 radical (unpaired) electrons. The Hall–Kier alpha value is -2.21. The first-order valence-electron chi connectivity index (χ1n) is 7.17. The molecule has 0 saturated heterocycles. The highest BCUT2D eigenvalue weighted by Crippen LogP contribution is 2.22. The van der Waals surface area contributed by atoms with Gasteiger partial charge in [-0.05, 0) is 44.0 Å². The van der Waals surface area contributed by atoms with E-state index in [0.29, 0.717) is 12.8 Å². The van der Waals surface area contributed by atoms with Crippen LogP contribution >= 0.6 is 11.3 Å². The molecule has 0 atom stereocenters. The van der Waals surface area contributed by atoms with Crippen molar-refractivity contribution in [1.82, 2.24) is 14.8 Å². The first-order chi connectivity index (χ1) is 10.5. The van der Waals surface area contributed by atoms with E-state index in [1.807, 2.05) is 49.3 Å². The molecule has 0 saturated carbocycles. The van der Waals surface area contributed by atoms with Crippen molar-refractivity contribution < 1.29 is 4.79 Å². The number of benzene rings is 1. The van der Waals surface area contributed by atoms with E-state index in [-0.39, 0.29) is 5.91 Å². The van der Waals surface area contributed by atoms with Gasteiger partial charge in [-0.3, -0.25) is 9.48 Å². The molecule has 0 bridgehead atoms. The second kappa shape index (κ2) is 5.88. The van der Waals surface area contributed by atoms with Crippen molar-refractivity contribution in [1.29, 1.82) is 0 Å². The van der Waals surface area contributed by atoms with Gasteiger partial charge in [0.1, 0.15) is 0 Å². The molecule has 1 N–H and O–H groups in total. The SMILES string of the molecule is Cc1nn(C)c(C)c1CCC(=O)Nc1ccc2scnc2c1. The Morgan fingerprint density at radius 2 is 2.18 bits per heavy atom. The monoisotopic (exact) mass is 314 g/mol. The lowest BCUT2D eigenvalue weighted by molar-refractivity contribution is -0.116. The maximum absolute atomic E-state index is 12.1. The number of hydrogen-bond acceptors (Lipinski definition) is 4. The number of aromatic nitrogens is 3. The van der Waals surface area contributed by atoms with Crippen LogP contribution in [-0.4, -0.2) is 20.7 Å². The van der Waals surface area contributed by atoms with Crippen molar-refractivity contribution in [2.45, 2.75) is 26.7 Å². The molecular weight excluding hydrogens is 296 g/mol. The molecular formula is C16H18N4OS. The standard InChI is InChI=1S/C16H18N4OS/c1-10-13(11(2)20(3)19-10)5-7-16(21)18-12-4-6-15-14(8-12)17-9-22-15/h4,6,8-9H,5,7H2,1-3H3,(H,18,21). The molecule has 0 aliphatic carbocycles. The third-order valence-corrected chi connectivity index (χ3v) is 4.69. The van der Waals surface area contributed by atoms with Crippen molar-refractivity contribution >= 4 is 33.1 Å². The van der Waals surface area contributed by atoms with Crippen LogP contribution in [-0.2, 0) is 18.3 Å². The van der Waals surface area contributed by atoms with Gasteiger partial charge in [0.05, 0.1) is 21.4 Å². The Bertz CT molecular complexity index is 834. The van der Waals surface area contributed by atoms with Crippen LogP contribution in [0.4, 0.5) is 5.69 Å². The van der Waals surface area contributed by atoms with Crippen LogP contribution in [0.25, 0.3) is 10.2 Å². The summed E-state index contributed by atoms with van der Waals surface area (Å²) in [5.41, 5.74) is 6.80. The van der Waals surface area contributed by atoms with Crippen LogP contribution in [0.1, 0.15) is 23.4 Å². The topological polar surface area (TPSA) is 59.8 Å². The zero-order valence-corrected chi connectivity index (χ0v) is 13.7. The Balaban J connectivity index is 1.64. The van der Waals surface area contributed by atoms with Crippen LogP contribution in [0.5, 0.6) is 0 Å². The number of nitrogens with one attached hydrogen (secondary N) is 1. The van der Waals surface area contributed by atoms with Gasteiger partial charge in [0.25, 0.3) is 0 Å². The summed E-state index contributed by atoms with van der Waals surface area (Å²) in [6.07, 6.45) is 1.15. The van der Waals surface area contributed by atoms with Crippen LogP contribution in [0, 0.1) is 13.8 Å². The van der Waals surface area contributed by atoms with E-state index in [0.717, 1.165) is 32.9 Å². The molecule has 0 aliphatic heterocycles. The van der Waals surface area contributed by atoms with E-state index in [1.54, 1.807) is 11.3 Å². The van der Waals surface area contributed by atoms with Crippen molar-refractivity contribution in [3.63, 3.8) is 0 Å². The number of carbonyl (C=O) groups is 1. The molecule has 6 heteroatoms. The second-order valence-corrected chi connectivity index (χ2v) is 6.24. The molecule has 1 aromatic carbocycles. The molecule has 114 valence electrons. The maximum atomic E-state index is 12.1. The molecule has 1 amide bonds. The van der Waals surface area contributed by atoms with Gasteiger partial charge in [-0.15, -0.1) is 11.3 Å². The predicted molar refractivity (Wildman–Crippen MR) is 89.3 cm³/mol. The van der Waals surface area contributed by atoms with Gasteiger partial charge in [0.15, 0.2) is 0 Å². The number of fused-ring (bicyclic) bond motifs is 1. The zero-order chi connectivity index (χ0) is 15.7. The number of hydrogen-bond donors (Lipinski definition) is 1. The molecule has 0 unspecified atom stereocenters. The summed E-state index contributed by atoms with van der Waals surface area (Å²) < 4.78 is 2.98. The number of thiazole rings is 1. The maximum Gasteiger partial charge on any atom is 0.224 e. The summed E-state index contributed by atoms with van der Waals surface area (Å²) >= 11 is 1.59. The summed E-state index contributed by atoms with van der Waals surface area (Å²) in [5, 5.41) is 7.32.